The van der Waals surface area contributed by atoms with E-state index in [2.05, 4.69) is 0 Å². The molecule has 0 radical (unpaired) electrons. The Hall–Kier alpha value is -1.95. The molecule has 2 heterocycles. The van der Waals surface area contributed by atoms with E-state index in [1.54, 1.807) is 4.90 Å². The Balaban J connectivity index is 1.77. The molecular weight excluding hydrogens is 248 g/mol. The summed E-state index contributed by atoms with van der Waals surface area (Å²) < 4.78 is 15.6. The van der Waals surface area contributed by atoms with Crippen molar-refractivity contribution in [3.63, 3.8) is 0 Å². The van der Waals surface area contributed by atoms with Crippen LogP contribution in [0.15, 0.2) is 18.2 Å². The lowest BCUT2D eigenvalue weighted by atomic mass is 10.1. The van der Waals surface area contributed by atoms with E-state index in [0.29, 0.717) is 25.4 Å². The zero-order valence-electron chi connectivity index (χ0n) is 10.5. The fourth-order valence-electron chi connectivity index (χ4n) is 2.34. The van der Waals surface area contributed by atoms with Gasteiger partial charge in [-0.05, 0) is 17.7 Å². The van der Waals surface area contributed by atoms with Gasteiger partial charge in [0.1, 0.15) is 0 Å². The van der Waals surface area contributed by atoms with Gasteiger partial charge in [0, 0.05) is 19.5 Å². The first-order valence-electron chi connectivity index (χ1n) is 6.30. The molecule has 1 aromatic carbocycles. The third-order valence-electron chi connectivity index (χ3n) is 3.41. The second-order valence-corrected chi connectivity index (χ2v) is 4.61. The Morgan fingerprint density at radius 3 is 2.95 bits per heavy atom. The van der Waals surface area contributed by atoms with E-state index in [9.17, 15) is 4.79 Å². The fourth-order valence-corrected chi connectivity index (χ4v) is 2.34. The van der Waals surface area contributed by atoms with Crippen molar-refractivity contribution in [2.24, 2.45) is 5.73 Å². The molecule has 0 aromatic heterocycles. The molecule has 1 unspecified atom stereocenters. The molecule has 0 spiro atoms. The average Bonchev–Trinajstić information content (AvgIpc) is 2.88. The molecule has 0 bridgehead atoms. The minimum atomic E-state index is -0.306. The number of cyclic esters (lactones) is 1. The van der Waals surface area contributed by atoms with Crippen LogP contribution in [-0.4, -0.2) is 37.0 Å². The van der Waals surface area contributed by atoms with Gasteiger partial charge in [-0.2, -0.15) is 0 Å². The van der Waals surface area contributed by atoms with Crippen LogP contribution in [0.1, 0.15) is 12.0 Å². The van der Waals surface area contributed by atoms with Gasteiger partial charge in [0.2, 0.25) is 6.79 Å². The number of carbonyl (C=O) groups excluding carboxylic acids is 1. The summed E-state index contributed by atoms with van der Waals surface area (Å²) in [5, 5.41) is 0. The number of rotatable bonds is 3. The molecule has 1 amide bonds. The summed E-state index contributed by atoms with van der Waals surface area (Å²) in [7, 11) is 0. The van der Waals surface area contributed by atoms with Gasteiger partial charge in [0.05, 0.1) is 12.6 Å². The summed E-state index contributed by atoms with van der Waals surface area (Å²) in [6, 6.07) is 5.69. The number of nitrogens with zero attached hydrogens (tertiary/aromatic N) is 1. The first kappa shape index (κ1) is 12.1. The number of fused-ring (bicyclic) bond motifs is 1. The Morgan fingerprint density at radius 2 is 2.11 bits per heavy atom. The number of benzene rings is 1. The molecule has 0 aliphatic carbocycles. The van der Waals surface area contributed by atoms with E-state index >= 15 is 0 Å². The topological polar surface area (TPSA) is 74.0 Å². The van der Waals surface area contributed by atoms with Crippen molar-refractivity contribution >= 4 is 6.09 Å². The molecule has 1 aromatic rings. The summed E-state index contributed by atoms with van der Waals surface area (Å²) in [4.78, 5) is 13.5. The molecule has 3 rings (SSSR count). The number of amides is 1. The SMILES string of the molecule is NCC1CCOC(=O)N1Cc1ccc2c(c1)OCO2. The molecule has 102 valence electrons. The van der Waals surface area contributed by atoms with Gasteiger partial charge >= 0.3 is 6.09 Å². The van der Waals surface area contributed by atoms with Gasteiger partial charge < -0.3 is 19.9 Å². The molecule has 1 atom stereocenters. The van der Waals surface area contributed by atoms with Crippen molar-refractivity contribution in [2.75, 3.05) is 19.9 Å². The lowest BCUT2D eigenvalue weighted by Crippen LogP contribution is -2.48. The first-order chi connectivity index (χ1) is 9.28. The second kappa shape index (κ2) is 4.97. The van der Waals surface area contributed by atoms with Gasteiger partial charge in [0.15, 0.2) is 11.5 Å². The highest BCUT2D eigenvalue weighted by Gasteiger charge is 2.29. The normalized spacial score (nSPS) is 21.4. The van der Waals surface area contributed by atoms with Crippen LogP contribution in [-0.2, 0) is 11.3 Å². The third-order valence-corrected chi connectivity index (χ3v) is 3.41. The lowest BCUT2D eigenvalue weighted by Gasteiger charge is -2.34. The van der Waals surface area contributed by atoms with Gasteiger partial charge in [-0.15, -0.1) is 0 Å². The van der Waals surface area contributed by atoms with E-state index < -0.39 is 0 Å². The predicted octanol–water partition coefficient (Wildman–Crippen LogP) is 1.08. The summed E-state index contributed by atoms with van der Waals surface area (Å²) in [6.45, 7) is 1.60. The lowest BCUT2D eigenvalue weighted by molar-refractivity contribution is 0.0429. The van der Waals surface area contributed by atoms with Crippen LogP contribution in [0.3, 0.4) is 0 Å². The smallest absolute Gasteiger partial charge is 0.410 e. The van der Waals surface area contributed by atoms with Crippen LogP contribution in [0.25, 0.3) is 0 Å². The molecule has 2 N–H and O–H groups in total. The molecule has 1 saturated heterocycles. The molecular formula is C13H16N2O4. The molecule has 2 aliphatic heterocycles. The van der Waals surface area contributed by atoms with Crippen molar-refractivity contribution in [1.82, 2.24) is 4.90 Å². The van der Waals surface area contributed by atoms with Crippen molar-refractivity contribution in [1.29, 1.82) is 0 Å². The second-order valence-electron chi connectivity index (χ2n) is 4.61. The predicted molar refractivity (Wildman–Crippen MR) is 66.9 cm³/mol. The van der Waals surface area contributed by atoms with Gasteiger partial charge in [-0.1, -0.05) is 6.07 Å². The number of hydrogen-bond acceptors (Lipinski definition) is 5. The molecule has 1 fully saturated rings. The summed E-state index contributed by atoms with van der Waals surface area (Å²) >= 11 is 0. The van der Waals surface area contributed by atoms with Gasteiger partial charge in [-0.3, -0.25) is 4.90 Å². The highest BCUT2D eigenvalue weighted by molar-refractivity contribution is 5.69. The first-order valence-corrected chi connectivity index (χ1v) is 6.30. The van der Waals surface area contributed by atoms with E-state index in [0.717, 1.165) is 17.7 Å². The minimum Gasteiger partial charge on any atom is -0.454 e. The van der Waals surface area contributed by atoms with Crippen molar-refractivity contribution < 1.29 is 19.0 Å². The van der Waals surface area contributed by atoms with Crippen LogP contribution in [0.5, 0.6) is 11.5 Å². The minimum absolute atomic E-state index is 0.0340. The standard InChI is InChI=1S/C13H16N2O4/c14-6-10-3-4-17-13(16)15(10)7-9-1-2-11-12(5-9)19-8-18-11/h1-2,5,10H,3-4,6-8,14H2. The molecule has 2 aliphatic rings. The van der Waals surface area contributed by atoms with Crippen LogP contribution in [0, 0.1) is 0 Å². The van der Waals surface area contributed by atoms with E-state index in [-0.39, 0.29) is 18.9 Å². The number of carbonyl (C=O) groups is 1. The van der Waals surface area contributed by atoms with Crippen LogP contribution in [0.4, 0.5) is 4.79 Å². The van der Waals surface area contributed by atoms with E-state index in [4.69, 9.17) is 19.9 Å². The van der Waals surface area contributed by atoms with Crippen molar-refractivity contribution in [3.8, 4) is 11.5 Å². The van der Waals surface area contributed by atoms with Crippen LogP contribution >= 0.6 is 0 Å². The van der Waals surface area contributed by atoms with Crippen LogP contribution < -0.4 is 15.2 Å². The summed E-state index contributed by atoms with van der Waals surface area (Å²) in [5.74, 6) is 1.45. The monoisotopic (exact) mass is 264 g/mol. The summed E-state index contributed by atoms with van der Waals surface area (Å²) in [5.41, 5.74) is 6.68. The largest absolute Gasteiger partial charge is 0.454 e. The molecule has 19 heavy (non-hydrogen) atoms. The maximum absolute atomic E-state index is 11.8. The van der Waals surface area contributed by atoms with Gasteiger partial charge in [0.25, 0.3) is 0 Å². The third kappa shape index (κ3) is 2.31. The van der Waals surface area contributed by atoms with Gasteiger partial charge in [-0.25, -0.2) is 4.79 Å². The van der Waals surface area contributed by atoms with Crippen LogP contribution in [0.2, 0.25) is 0 Å². The average molecular weight is 264 g/mol. The van der Waals surface area contributed by atoms with E-state index in [1.165, 1.54) is 0 Å². The van der Waals surface area contributed by atoms with E-state index in [1.807, 2.05) is 18.2 Å². The quantitative estimate of drug-likeness (QED) is 0.884. The highest BCUT2D eigenvalue weighted by atomic mass is 16.7. The maximum atomic E-state index is 11.8. The Labute approximate surface area is 111 Å². The maximum Gasteiger partial charge on any atom is 0.410 e. The molecule has 6 nitrogen and oxygen atoms in total. The van der Waals surface area contributed by atoms with Crippen molar-refractivity contribution in [2.45, 2.75) is 19.0 Å². The number of ether oxygens (including phenoxy) is 3. The number of hydrogen-bond donors (Lipinski definition) is 1. The summed E-state index contributed by atoms with van der Waals surface area (Å²) in [6.07, 6.45) is 0.464. The zero-order chi connectivity index (χ0) is 13.2. The fraction of sp³-hybridized carbons (Fsp3) is 0.462. The molecule has 0 saturated carbocycles. The zero-order valence-corrected chi connectivity index (χ0v) is 10.5. The van der Waals surface area contributed by atoms with Crippen molar-refractivity contribution in [3.05, 3.63) is 23.8 Å². The number of nitrogens with two attached hydrogens (primary N) is 1. The molecule has 6 heteroatoms. The Kier molecular flexibility index (Phi) is 3.16. The highest BCUT2D eigenvalue weighted by Crippen LogP contribution is 2.33. The Bertz CT molecular complexity index is 492. The Morgan fingerprint density at radius 1 is 1.26 bits per heavy atom.